The Morgan fingerprint density at radius 1 is 0.956 bits per heavy atom. The van der Waals surface area contributed by atoms with E-state index in [4.69, 9.17) is 10.5 Å². The highest BCUT2D eigenvalue weighted by Gasteiger charge is 2.34. The van der Waals surface area contributed by atoms with E-state index in [0.29, 0.717) is 18.6 Å². The molecule has 45 heavy (non-hydrogen) atoms. The second kappa shape index (κ2) is 15.0. The first kappa shape index (κ1) is 33.3. The summed E-state index contributed by atoms with van der Waals surface area (Å²) in [4.78, 5) is 56.0. The van der Waals surface area contributed by atoms with Crippen molar-refractivity contribution in [3.05, 3.63) is 78.0 Å². The van der Waals surface area contributed by atoms with E-state index < -0.39 is 54.0 Å². The summed E-state index contributed by atoms with van der Waals surface area (Å²) in [5, 5.41) is 21.0. The van der Waals surface area contributed by atoms with Crippen molar-refractivity contribution in [2.45, 2.75) is 70.2 Å². The number of benzene rings is 2. The lowest BCUT2D eigenvalue weighted by Crippen LogP contribution is -2.59. The van der Waals surface area contributed by atoms with Gasteiger partial charge in [0.2, 0.25) is 11.8 Å². The summed E-state index contributed by atoms with van der Waals surface area (Å²) in [7, 11) is 0. The summed E-state index contributed by atoms with van der Waals surface area (Å²) in [6.45, 7) is 6.35. The molecule has 240 valence electrons. The summed E-state index contributed by atoms with van der Waals surface area (Å²) in [5.41, 5.74) is 6.29. The molecule has 0 saturated carbocycles. The predicted octanol–water partition coefficient (Wildman–Crippen LogP) is 2.54. The summed E-state index contributed by atoms with van der Waals surface area (Å²) >= 11 is 0. The molecule has 0 radical (unpaired) electrons. The number of nitrogens with two attached hydrogens (primary N) is 1. The third kappa shape index (κ3) is 9.72. The predicted molar refractivity (Wildman–Crippen MR) is 169 cm³/mol. The Kier molecular flexibility index (Phi) is 11.1. The molecular formula is C33H42N6O6. The molecular weight excluding hydrogens is 576 g/mol. The van der Waals surface area contributed by atoms with Gasteiger partial charge in [0.15, 0.2) is 0 Å². The summed E-state index contributed by atoms with van der Waals surface area (Å²) in [6, 6.07) is 17.7. The molecule has 3 atom stereocenters. The molecule has 1 fully saturated rings. The Morgan fingerprint density at radius 2 is 1.64 bits per heavy atom. The van der Waals surface area contributed by atoms with Crippen molar-refractivity contribution in [3.8, 4) is 0 Å². The molecule has 1 saturated heterocycles. The molecule has 0 bridgehead atoms. The van der Waals surface area contributed by atoms with E-state index in [9.17, 15) is 24.3 Å². The minimum absolute atomic E-state index is 0.0326. The second-order valence-corrected chi connectivity index (χ2v) is 12.2. The molecule has 0 aliphatic carbocycles. The van der Waals surface area contributed by atoms with E-state index in [0.717, 1.165) is 23.8 Å². The standard InChI is InChI=1S/C33H42N6O6/c1-33(2,3)45-32(44)39-18-10-9-17-38(39)21-28(40)26(19-22-11-5-4-6-12-22)36-31(43)27(20-29(34)41)37-30(42)25-16-15-23-13-7-8-14-24(23)35-25/h4-8,11-16,26-28,40H,9-10,17-21H2,1-3H3,(H2,34,41)(H,36,43)(H,37,42)/t26-,27-,28?/m0/s1. The van der Waals surface area contributed by atoms with Crippen LogP contribution in [0.15, 0.2) is 66.7 Å². The number of carbonyl (C=O) groups is 4. The van der Waals surface area contributed by atoms with Crippen molar-refractivity contribution < 1.29 is 29.0 Å². The van der Waals surface area contributed by atoms with Crippen LogP contribution in [0.5, 0.6) is 0 Å². The van der Waals surface area contributed by atoms with E-state index in [1.165, 1.54) is 11.1 Å². The van der Waals surface area contributed by atoms with Crippen LogP contribution in [0.1, 0.15) is 56.1 Å². The van der Waals surface area contributed by atoms with Gasteiger partial charge in [0, 0.05) is 25.0 Å². The minimum Gasteiger partial charge on any atom is -0.443 e. The van der Waals surface area contributed by atoms with Crippen LogP contribution in [-0.2, 0) is 20.7 Å². The van der Waals surface area contributed by atoms with Crippen molar-refractivity contribution in [2.24, 2.45) is 5.73 Å². The molecule has 12 nitrogen and oxygen atoms in total. The number of hydrogen-bond acceptors (Lipinski definition) is 8. The number of amides is 4. The van der Waals surface area contributed by atoms with Crippen LogP contribution < -0.4 is 16.4 Å². The number of ether oxygens (including phenoxy) is 1. The van der Waals surface area contributed by atoms with Gasteiger partial charge in [-0.1, -0.05) is 54.6 Å². The van der Waals surface area contributed by atoms with Gasteiger partial charge in [-0.2, -0.15) is 0 Å². The smallest absolute Gasteiger partial charge is 0.424 e. The lowest BCUT2D eigenvalue weighted by molar-refractivity contribution is -0.128. The van der Waals surface area contributed by atoms with Gasteiger partial charge in [-0.15, -0.1) is 0 Å². The van der Waals surface area contributed by atoms with Gasteiger partial charge in [0.05, 0.1) is 24.1 Å². The van der Waals surface area contributed by atoms with Crippen LogP contribution in [0, 0.1) is 0 Å². The van der Waals surface area contributed by atoms with Crippen LogP contribution in [0.2, 0.25) is 0 Å². The summed E-state index contributed by atoms with van der Waals surface area (Å²) in [5.74, 6) is -2.13. The zero-order chi connectivity index (χ0) is 32.6. The van der Waals surface area contributed by atoms with E-state index >= 15 is 0 Å². The second-order valence-electron chi connectivity index (χ2n) is 12.2. The first-order valence-electron chi connectivity index (χ1n) is 15.1. The van der Waals surface area contributed by atoms with Gasteiger partial charge in [-0.25, -0.2) is 19.8 Å². The van der Waals surface area contributed by atoms with Crippen LogP contribution >= 0.6 is 0 Å². The number of pyridine rings is 1. The number of hydrazine groups is 1. The minimum atomic E-state index is -1.32. The maximum Gasteiger partial charge on any atom is 0.424 e. The molecule has 0 spiro atoms. The Labute approximate surface area is 262 Å². The van der Waals surface area contributed by atoms with E-state index in [1.54, 1.807) is 44.0 Å². The Hall–Kier alpha value is -4.55. The lowest BCUT2D eigenvalue weighted by atomic mass is 9.99. The fourth-order valence-corrected chi connectivity index (χ4v) is 5.14. The van der Waals surface area contributed by atoms with Gasteiger partial charge in [-0.3, -0.25) is 14.4 Å². The fourth-order valence-electron chi connectivity index (χ4n) is 5.14. The van der Waals surface area contributed by atoms with Crippen molar-refractivity contribution >= 4 is 34.7 Å². The molecule has 1 aromatic heterocycles. The number of nitrogens with zero attached hydrogens (tertiary/aromatic N) is 3. The van der Waals surface area contributed by atoms with E-state index in [1.807, 2.05) is 42.5 Å². The highest BCUT2D eigenvalue weighted by molar-refractivity contribution is 5.99. The number of hydrogen-bond donors (Lipinski definition) is 4. The SMILES string of the molecule is CC(C)(C)OC(=O)N1CCCCN1CC(O)[C@H](Cc1ccccc1)NC(=O)[C@H](CC(N)=O)NC(=O)c1ccc2ccccc2n1. The molecule has 3 aromatic rings. The van der Waals surface area contributed by atoms with E-state index in [2.05, 4.69) is 15.6 Å². The Balaban J connectivity index is 1.52. The Bertz CT molecular complexity index is 1490. The number of aliphatic hydroxyl groups excluding tert-OH is 1. The monoisotopic (exact) mass is 618 g/mol. The molecule has 1 aliphatic rings. The quantitative estimate of drug-likeness (QED) is 0.254. The first-order chi connectivity index (χ1) is 21.4. The maximum absolute atomic E-state index is 13.6. The highest BCUT2D eigenvalue weighted by atomic mass is 16.6. The molecule has 2 heterocycles. The first-order valence-corrected chi connectivity index (χ1v) is 15.1. The number of aliphatic hydroxyl groups is 1. The average molecular weight is 619 g/mol. The number of β-amino-alcohol motifs (C(OH)–C–C–N with tert-alkyl or cyclic N) is 1. The number of para-hydroxylation sites is 1. The molecule has 4 amide bonds. The lowest BCUT2D eigenvalue weighted by Gasteiger charge is -2.41. The third-order valence-corrected chi connectivity index (χ3v) is 7.33. The molecule has 1 aliphatic heterocycles. The zero-order valence-corrected chi connectivity index (χ0v) is 25.9. The number of carbonyl (C=O) groups excluding carboxylic acids is 4. The van der Waals surface area contributed by atoms with Gasteiger partial charge >= 0.3 is 6.09 Å². The van der Waals surface area contributed by atoms with Crippen LogP contribution in [0.3, 0.4) is 0 Å². The number of primary amides is 1. The van der Waals surface area contributed by atoms with Crippen molar-refractivity contribution in [1.82, 2.24) is 25.6 Å². The summed E-state index contributed by atoms with van der Waals surface area (Å²) < 4.78 is 5.58. The average Bonchev–Trinajstić information content (AvgIpc) is 2.99. The fraction of sp³-hybridized carbons (Fsp3) is 0.424. The number of nitrogens with one attached hydrogen (secondary N) is 2. The van der Waals surface area contributed by atoms with Crippen molar-refractivity contribution in [3.63, 3.8) is 0 Å². The van der Waals surface area contributed by atoms with Crippen LogP contribution in [0.25, 0.3) is 10.9 Å². The zero-order valence-electron chi connectivity index (χ0n) is 25.9. The maximum atomic E-state index is 13.6. The number of fused-ring (bicyclic) bond motifs is 1. The molecule has 1 unspecified atom stereocenters. The molecule has 4 rings (SSSR count). The van der Waals surface area contributed by atoms with Crippen LogP contribution in [0.4, 0.5) is 4.79 Å². The van der Waals surface area contributed by atoms with Crippen molar-refractivity contribution in [2.75, 3.05) is 19.6 Å². The van der Waals surface area contributed by atoms with E-state index in [-0.39, 0.29) is 18.7 Å². The summed E-state index contributed by atoms with van der Waals surface area (Å²) in [6.07, 6.45) is -0.253. The largest absolute Gasteiger partial charge is 0.443 e. The van der Waals surface area contributed by atoms with Gasteiger partial charge in [0.25, 0.3) is 5.91 Å². The van der Waals surface area contributed by atoms with Gasteiger partial charge in [-0.05, 0) is 57.7 Å². The number of aromatic nitrogens is 1. The molecule has 5 N–H and O–H groups in total. The Morgan fingerprint density at radius 3 is 2.36 bits per heavy atom. The van der Waals surface area contributed by atoms with Gasteiger partial charge < -0.3 is 26.2 Å². The molecule has 12 heteroatoms. The van der Waals surface area contributed by atoms with Crippen molar-refractivity contribution in [1.29, 1.82) is 0 Å². The van der Waals surface area contributed by atoms with Gasteiger partial charge in [0.1, 0.15) is 17.3 Å². The van der Waals surface area contributed by atoms with Crippen LogP contribution in [-0.4, -0.2) is 87.3 Å². The highest BCUT2D eigenvalue weighted by Crippen LogP contribution is 2.18. The third-order valence-electron chi connectivity index (χ3n) is 7.33. The topological polar surface area (TPSA) is 167 Å². The number of rotatable bonds is 11. The normalized spacial score (nSPS) is 16.0. The molecule has 2 aromatic carbocycles.